The highest BCUT2D eigenvalue weighted by molar-refractivity contribution is 7.90. The van der Waals surface area contributed by atoms with Crippen LogP contribution >= 0.6 is 0 Å². The number of nitrogens with one attached hydrogen (secondary N) is 1. The molecule has 1 unspecified atom stereocenters. The van der Waals surface area contributed by atoms with Crippen molar-refractivity contribution >= 4 is 44.9 Å². The summed E-state index contributed by atoms with van der Waals surface area (Å²) in [6, 6.07) is 9.56. The van der Waals surface area contributed by atoms with E-state index in [1.807, 2.05) is 6.92 Å². The molecule has 1 N–H and O–H groups in total. The van der Waals surface area contributed by atoms with Crippen molar-refractivity contribution < 1.29 is 27.5 Å². The number of nitrogens with zero attached hydrogens (tertiary/aromatic N) is 4. The van der Waals surface area contributed by atoms with Crippen molar-refractivity contribution in [3.63, 3.8) is 0 Å². The lowest BCUT2D eigenvalue weighted by Gasteiger charge is -2.23. The van der Waals surface area contributed by atoms with Gasteiger partial charge in [0.1, 0.15) is 17.5 Å². The third kappa shape index (κ3) is 4.76. The lowest BCUT2D eigenvalue weighted by molar-refractivity contribution is -0.119. The zero-order chi connectivity index (χ0) is 26.4. The Kier molecular flexibility index (Phi) is 6.25. The summed E-state index contributed by atoms with van der Waals surface area (Å²) in [6.45, 7) is 6.67. The Morgan fingerprint density at radius 3 is 2.42 bits per heavy atom. The quantitative estimate of drug-likeness (QED) is 0.568. The van der Waals surface area contributed by atoms with Crippen LogP contribution in [0.15, 0.2) is 53.6 Å². The first kappa shape index (κ1) is 25.2. The number of imide groups is 1. The standard InChI is InChI=1S/C24H27N5O6S/c1-15-6-9-17(10-7-15)36(33,34)29-13-12-16-8-11-19(26-20(16)29)27(5)21(30)18-14-28(22(31)25-18)23(32)35-24(2,3)4/h6-13,18H,14H2,1-5H3,(H,25,31). The molecule has 4 rings (SSSR count). The van der Waals surface area contributed by atoms with E-state index in [4.69, 9.17) is 4.74 Å². The maximum atomic E-state index is 13.2. The predicted molar refractivity (Wildman–Crippen MR) is 132 cm³/mol. The molecule has 1 saturated heterocycles. The topological polar surface area (TPSA) is 131 Å². The van der Waals surface area contributed by atoms with Crippen molar-refractivity contribution in [2.24, 2.45) is 0 Å². The van der Waals surface area contributed by atoms with Gasteiger partial charge in [-0.15, -0.1) is 0 Å². The van der Waals surface area contributed by atoms with Crippen LogP contribution in [-0.4, -0.2) is 65.5 Å². The molecule has 0 bridgehead atoms. The molecule has 0 spiro atoms. The van der Waals surface area contributed by atoms with Crippen LogP contribution in [0.1, 0.15) is 26.3 Å². The number of carbonyl (C=O) groups is 3. The van der Waals surface area contributed by atoms with E-state index in [-0.39, 0.29) is 22.9 Å². The first-order valence-corrected chi connectivity index (χ1v) is 12.6. The maximum absolute atomic E-state index is 13.2. The normalized spacial score (nSPS) is 16.2. The summed E-state index contributed by atoms with van der Waals surface area (Å²) in [6.07, 6.45) is 0.561. The molecule has 1 aliphatic rings. The van der Waals surface area contributed by atoms with Gasteiger partial charge in [-0.05, 0) is 58.0 Å². The van der Waals surface area contributed by atoms with Gasteiger partial charge in [0.2, 0.25) is 0 Å². The minimum Gasteiger partial charge on any atom is -0.443 e. The summed E-state index contributed by atoms with van der Waals surface area (Å²) in [5.41, 5.74) is 0.276. The third-order valence-electron chi connectivity index (χ3n) is 5.56. The Labute approximate surface area is 208 Å². The highest BCUT2D eigenvalue weighted by atomic mass is 32.2. The van der Waals surface area contributed by atoms with Gasteiger partial charge >= 0.3 is 12.1 Å². The molecule has 3 heterocycles. The van der Waals surface area contributed by atoms with Gasteiger partial charge in [0.05, 0.1) is 11.4 Å². The number of fused-ring (bicyclic) bond motifs is 1. The predicted octanol–water partition coefficient (Wildman–Crippen LogP) is 2.87. The Hall–Kier alpha value is -3.93. The summed E-state index contributed by atoms with van der Waals surface area (Å²) in [5.74, 6) is -0.350. The zero-order valence-corrected chi connectivity index (χ0v) is 21.4. The van der Waals surface area contributed by atoms with Gasteiger partial charge in [0, 0.05) is 18.6 Å². The average molecular weight is 514 g/mol. The number of rotatable bonds is 4. The molecule has 1 aromatic carbocycles. The molecular weight excluding hydrogens is 486 g/mol. The number of pyridine rings is 1. The number of aryl methyl sites for hydroxylation is 1. The lowest BCUT2D eigenvalue weighted by atomic mass is 10.2. The maximum Gasteiger partial charge on any atom is 0.418 e. The minimum atomic E-state index is -3.92. The van der Waals surface area contributed by atoms with Crippen molar-refractivity contribution in [1.82, 2.24) is 19.2 Å². The van der Waals surface area contributed by atoms with Crippen LogP contribution in [0.25, 0.3) is 11.0 Å². The van der Waals surface area contributed by atoms with Crippen LogP contribution in [0.4, 0.5) is 15.4 Å². The first-order valence-electron chi connectivity index (χ1n) is 11.2. The average Bonchev–Trinajstić information content (AvgIpc) is 3.40. The van der Waals surface area contributed by atoms with Crippen LogP contribution < -0.4 is 10.2 Å². The van der Waals surface area contributed by atoms with E-state index >= 15 is 0 Å². The SMILES string of the molecule is Cc1ccc(S(=O)(=O)n2ccc3ccc(N(C)C(=O)C4CN(C(=O)OC(C)(C)C)C(=O)N4)nc32)cc1. The van der Waals surface area contributed by atoms with Crippen LogP contribution in [0, 0.1) is 6.92 Å². The monoisotopic (exact) mass is 513 g/mol. The summed E-state index contributed by atoms with van der Waals surface area (Å²) in [7, 11) is -2.46. The lowest BCUT2D eigenvalue weighted by Crippen LogP contribution is -2.44. The van der Waals surface area contributed by atoms with Crippen LogP contribution in [0.5, 0.6) is 0 Å². The number of amides is 4. The third-order valence-corrected chi connectivity index (χ3v) is 7.24. The van der Waals surface area contributed by atoms with Gasteiger partial charge in [-0.3, -0.25) is 9.69 Å². The van der Waals surface area contributed by atoms with Gasteiger partial charge in [0.25, 0.3) is 15.9 Å². The smallest absolute Gasteiger partial charge is 0.418 e. The van der Waals surface area contributed by atoms with E-state index in [2.05, 4.69) is 10.3 Å². The summed E-state index contributed by atoms with van der Waals surface area (Å²) >= 11 is 0. The van der Waals surface area contributed by atoms with Crippen molar-refractivity contribution in [3.05, 3.63) is 54.2 Å². The second kappa shape index (κ2) is 8.94. The number of urea groups is 1. The Morgan fingerprint density at radius 1 is 1.11 bits per heavy atom. The fraction of sp³-hybridized carbons (Fsp3) is 0.333. The number of carbonyl (C=O) groups excluding carboxylic acids is 3. The highest BCUT2D eigenvalue weighted by Gasteiger charge is 2.40. The zero-order valence-electron chi connectivity index (χ0n) is 20.5. The summed E-state index contributed by atoms with van der Waals surface area (Å²) in [5, 5.41) is 3.05. The molecule has 12 heteroatoms. The van der Waals surface area contributed by atoms with Gasteiger partial charge in [-0.2, -0.15) is 0 Å². The molecule has 0 radical (unpaired) electrons. The minimum absolute atomic E-state index is 0.109. The second-order valence-electron chi connectivity index (χ2n) is 9.50. The number of hydrogen-bond acceptors (Lipinski definition) is 7. The first-order chi connectivity index (χ1) is 16.8. The van der Waals surface area contributed by atoms with Gasteiger partial charge in [-0.25, -0.2) is 31.9 Å². The van der Waals surface area contributed by atoms with Crippen molar-refractivity contribution in [1.29, 1.82) is 0 Å². The largest absolute Gasteiger partial charge is 0.443 e. The van der Waals surface area contributed by atoms with Crippen LogP contribution in [0.2, 0.25) is 0 Å². The van der Waals surface area contributed by atoms with E-state index in [1.165, 1.54) is 30.3 Å². The van der Waals surface area contributed by atoms with E-state index in [0.717, 1.165) is 14.4 Å². The van der Waals surface area contributed by atoms with Gasteiger partial charge in [0.15, 0.2) is 5.65 Å². The molecular formula is C24H27N5O6S. The Morgan fingerprint density at radius 2 is 1.78 bits per heavy atom. The Balaban J connectivity index is 1.59. The molecule has 2 aromatic heterocycles. The fourth-order valence-electron chi connectivity index (χ4n) is 3.68. The van der Waals surface area contributed by atoms with E-state index in [9.17, 15) is 22.8 Å². The molecule has 3 aromatic rings. The molecule has 1 aliphatic heterocycles. The fourth-order valence-corrected chi connectivity index (χ4v) is 4.98. The number of hydrogen-bond donors (Lipinski definition) is 1. The number of benzene rings is 1. The summed E-state index contributed by atoms with van der Waals surface area (Å²) < 4.78 is 32.7. The van der Waals surface area contributed by atoms with E-state index in [0.29, 0.717) is 5.39 Å². The summed E-state index contributed by atoms with van der Waals surface area (Å²) in [4.78, 5) is 44.3. The number of likely N-dealkylation sites (N-methyl/N-ethyl adjacent to an activating group) is 1. The molecule has 0 aliphatic carbocycles. The molecule has 36 heavy (non-hydrogen) atoms. The number of anilines is 1. The Bertz CT molecular complexity index is 1460. The number of aromatic nitrogens is 2. The van der Waals surface area contributed by atoms with Gasteiger partial charge in [-0.1, -0.05) is 17.7 Å². The molecule has 190 valence electrons. The van der Waals surface area contributed by atoms with Crippen LogP contribution in [0.3, 0.4) is 0 Å². The van der Waals surface area contributed by atoms with E-state index < -0.39 is 39.7 Å². The molecule has 1 fully saturated rings. The van der Waals surface area contributed by atoms with Crippen molar-refractivity contribution in [2.75, 3.05) is 18.5 Å². The van der Waals surface area contributed by atoms with Crippen LogP contribution in [-0.2, 0) is 19.6 Å². The molecule has 11 nitrogen and oxygen atoms in total. The molecule has 0 saturated carbocycles. The second-order valence-corrected chi connectivity index (χ2v) is 11.3. The number of ether oxygens (including phenoxy) is 1. The van der Waals surface area contributed by atoms with Crippen molar-refractivity contribution in [2.45, 2.75) is 44.2 Å². The van der Waals surface area contributed by atoms with Gasteiger partial charge < -0.3 is 10.1 Å². The molecule has 4 amide bonds. The van der Waals surface area contributed by atoms with Crippen molar-refractivity contribution in [3.8, 4) is 0 Å². The highest BCUT2D eigenvalue weighted by Crippen LogP contribution is 2.24. The molecule has 1 atom stereocenters. The van der Waals surface area contributed by atoms with E-state index in [1.54, 1.807) is 51.1 Å².